The second kappa shape index (κ2) is 6.20. The summed E-state index contributed by atoms with van der Waals surface area (Å²) in [5, 5.41) is 14.9. The molecule has 0 atom stereocenters. The number of fused-ring (bicyclic) bond motifs is 1. The van der Waals surface area contributed by atoms with E-state index in [1.165, 1.54) is 0 Å². The highest BCUT2D eigenvalue weighted by Crippen LogP contribution is 2.26. The van der Waals surface area contributed by atoms with Crippen molar-refractivity contribution in [2.24, 2.45) is 0 Å². The lowest BCUT2D eigenvalue weighted by molar-refractivity contribution is 0.0662. The number of ether oxygens (including phenoxy) is 1. The SMILES string of the molecule is CC(C)c1nc(Nc2cnn(C3CCOCC3)c2)c2[nH]ncc2n1. The summed E-state index contributed by atoms with van der Waals surface area (Å²) < 4.78 is 7.43. The number of nitrogens with zero attached hydrogens (tertiary/aromatic N) is 5. The summed E-state index contributed by atoms with van der Waals surface area (Å²) in [4.78, 5) is 9.18. The van der Waals surface area contributed by atoms with Gasteiger partial charge in [0.25, 0.3) is 0 Å². The van der Waals surface area contributed by atoms with Crippen LogP contribution in [0.15, 0.2) is 18.6 Å². The molecule has 1 aliphatic rings. The number of H-pyrrole nitrogens is 1. The fourth-order valence-corrected chi connectivity index (χ4v) is 2.90. The molecule has 8 heteroatoms. The van der Waals surface area contributed by atoms with Gasteiger partial charge in [-0.25, -0.2) is 9.97 Å². The number of anilines is 2. The summed E-state index contributed by atoms with van der Waals surface area (Å²) >= 11 is 0. The molecule has 8 nitrogen and oxygen atoms in total. The van der Waals surface area contributed by atoms with Crippen molar-refractivity contribution >= 4 is 22.5 Å². The molecular formula is C16H21N7O. The molecule has 0 saturated carbocycles. The molecule has 3 aromatic heterocycles. The van der Waals surface area contributed by atoms with Gasteiger partial charge in [-0.05, 0) is 12.8 Å². The molecule has 3 aromatic rings. The first-order valence-corrected chi connectivity index (χ1v) is 8.30. The average Bonchev–Trinajstić information content (AvgIpc) is 3.24. The maximum atomic E-state index is 5.41. The lowest BCUT2D eigenvalue weighted by atomic mass is 10.1. The Kier molecular flexibility index (Phi) is 3.89. The van der Waals surface area contributed by atoms with Gasteiger partial charge in [-0.2, -0.15) is 10.2 Å². The van der Waals surface area contributed by atoms with E-state index in [2.05, 4.69) is 44.4 Å². The van der Waals surface area contributed by atoms with Gasteiger partial charge in [-0.15, -0.1) is 0 Å². The van der Waals surface area contributed by atoms with E-state index in [1.54, 1.807) is 6.20 Å². The quantitative estimate of drug-likeness (QED) is 0.765. The van der Waals surface area contributed by atoms with Crippen LogP contribution in [0, 0.1) is 0 Å². The van der Waals surface area contributed by atoms with Crippen LogP contribution in [-0.4, -0.2) is 43.2 Å². The van der Waals surface area contributed by atoms with E-state index < -0.39 is 0 Å². The highest BCUT2D eigenvalue weighted by Gasteiger charge is 2.17. The third kappa shape index (κ3) is 2.84. The monoisotopic (exact) mass is 327 g/mol. The maximum absolute atomic E-state index is 5.41. The molecule has 1 fully saturated rings. The molecule has 0 aromatic carbocycles. The van der Waals surface area contributed by atoms with Crippen LogP contribution in [0.2, 0.25) is 0 Å². The zero-order valence-corrected chi connectivity index (χ0v) is 13.9. The van der Waals surface area contributed by atoms with Crippen LogP contribution >= 0.6 is 0 Å². The smallest absolute Gasteiger partial charge is 0.160 e. The Labute approximate surface area is 139 Å². The molecule has 1 aliphatic heterocycles. The highest BCUT2D eigenvalue weighted by molar-refractivity contribution is 5.86. The molecular weight excluding hydrogens is 306 g/mol. The van der Waals surface area contributed by atoms with Gasteiger partial charge in [0.15, 0.2) is 5.82 Å². The van der Waals surface area contributed by atoms with Crippen molar-refractivity contribution in [3.63, 3.8) is 0 Å². The number of aromatic nitrogens is 6. The summed E-state index contributed by atoms with van der Waals surface area (Å²) in [6.45, 7) is 5.75. The Bertz CT molecular complexity index is 832. The van der Waals surface area contributed by atoms with Crippen LogP contribution in [0.25, 0.3) is 11.0 Å². The van der Waals surface area contributed by atoms with Crippen LogP contribution in [0.5, 0.6) is 0 Å². The van der Waals surface area contributed by atoms with Gasteiger partial charge in [0.05, 0.1) is 24.1 Å². The standard InChI is InChI=1S/C16H21N7O/c1-10(2)15-20-13-8-17-22-14(13)16(21-15)19-11-7-18-23(9-11)12-3-5-24-6-4-12/h7-10,12H,3-6H2,1-2H3,(H,17,22)(H,19,20,21). The Hall–Kier alpha value is -2.48. The van der Waals surface area contributed by atoms with Gasteiger partial charge < -0.3 is 10.1 Å². The molecule has 1 saturated heterocycles. The molecule has 0 spiro atoms. The van der Waals surface area contributed by atoms with Crippen molar-refractivity contribution in [3.8, 4) is 0 Å². The number of hydrogen-bond donors (Lipinski definition) is 2. The zero-order chi connectivity index (χ0) is 16.5. The summed E-state index contributed by atoms with van der Waals surface area (Å²) in [6, 6.07) is 0.401. The lowest BCUT2D eigenvalue weighted by Gasteiger charge is -2.22. The fourth-order valence-electron chi connectivity index (χ4n) is 2.90. The molecule has 0 radical (unpaired) electrons. The molecule has 0 bridgehead atoms. The van der Waals surface area contributed by atoms with Crippen molar-refractivity contribution < 1.29 is 4.74 Å². The van der Waals surface area contributed by atoms with E-state index in [9.17, 15) is 0 Å². The largest absolute Gasteiger partial charge is 0.381 e. The highest BCUT2D eigenvalue weighted by atomic mass is 16.5. The van der Waals surface area contributed by atoms with Gasteiger partial charge in [0, 0.05) is 25.3 Å². The second-order valence-corrected chi connectivity index (χ2v) is 6.39. The Morgan fingerprint density at radius 2 is 2.08 bits per heavy atom. The number of hydrogen-bond acceptors (Lipinski definition) is 6. The third-order valence-corrected chi connectivity index (χ3v) is 4.26. The third-order valence-electron chi connectivity index (χ3n) is 4.26. The van der Waals surface area contributed by atoms with Crippen LogP contribution in [0.4, 0.5) is 11.5 Å². The molecule has 24 heavy (non-hydrogen) atoms. The minimum absolute atomic E-state index is 0.245. The Morgan fingerprint density at radius 3 is 2.88 bits per heavy atom. The van der Waals surface area contributed by atoms with Crippen LogP contribution in [0.1, 0.15) is 44.5 Å². The molecule has 0 unspecified atom stereocenters. The Morgan fingerprint density at radius 1 is 1.25 bits per heavy atom. The number of aromatic amines is 1. The first kappa shape index (κ1) is 15.1. The van der Waals surface area contributed by atoms with Gasteiger partial charge in [-0.3, -0.25) is 9.78 Å². The molecule has 0 aliphatic carbocycles. The van der Waals surface area contributed by atoms with E-state index in [1.807, 2.05) is 17.1 Å². The number of nitrogens with one attached hydrogen (secondary N) is 2. The Balaban J connectivity index is 1.62. The summed E-state index contributed by atoms with van der Waals surface area (Å²) in [5.41, 5.74) is 2.53. The summed E-state index contributed by atoms with van der Waals surface area (Å²) in [5.74, 6) is 1.77. The van der Waals surface area contributed by atoms with Gasteiger partial charge in [0.2, 0.25) is 0 Å². The summed E-state index contributed by atoms with van der Waals surface area (Å²) in [7, 11) is 0. The van der Waals surface area contributed by atoms with E-state index in [0.29, 0.717) is 6.04 Å². The molecule has 126 valence electrons. The van der Waals surface area contributed by atoms with Crippen LogP contribution in [-0.2, 0) is 4.74 Å². The van der Waals surface area contributed by atoms with E-state index in [4.69, 9.17) is 4.74 Å². The van der Waals surface area contributed by atoms with Crippen molar-refractivity contribution in [2.45, 2.75) is 38.6 Å². The second-order valence-electron chi connectivity index (χ2n) is 6.39. The predicted molar refractivity (Wildman–Crippen MR) is 90.4 cm³/mol. The minimum Gasteiger partial charge on any atom is -0.381 e. The summed E-state index contributed by atoms with van der Waals surface area (Å²) in [6.07, 6.45) is 7.57. The van der Waals surface area contributed by atoms with Crippen molar-refractivity contribution in [3.05, 3.63) is 24.4 Å². The first-order chi connectivity index (χ1) is 11.7. The van der Waals surface area contributed by atoms with Gasteiger partial charge in [-0.1, -0.05) is 13.8 Å². The van der Waals surface area contributed by atoms with Crippen molar-refractivity contribution in [1.82, 2.24) is 29.9 Å². The average molecular weight is 327 g/mol. The van der Waals surface area contributed by atoms with Crippen molar-refractivity contribution in [2.75, 3.05) is 18.5 Å². The topological polar surface area (TPSA) is 93.5 Å². The van der Waals surface area contributed by atoms with Crippen LogP contribution < -0.4 is 5.32 Å². The molecule has 4 rings (SSSR count). The minimum atomic E-state index is 0.245. The molecule has 0 amide bonds. The van der Waals surface area contributed by atoms with Gasteiger partial charge >= 0.3 is 0 Å². The lowest BCUT2D eigenvalue weighted by Crippen LogP contribution is -2.19. The normalized spacial score (nSPS) is 16.1. The fraction of sp³-hybridized carbons (Fsp3) is 0.500. The molecule has 4 heterocycles. The van der Waals surface area contributed by atoms with Gasteiger partial charge in [0.1, 0.15) is 16.9 Å². The zero-order valence-electron chi connectivity index (χ0n) is 13.9. The van der Waals surface area contributed by atoms with E-state index >= 15 is 0 Å². The van der Waals surface area contributed by atoms with Crippen molar-refractivity contribution in [1.29, 1.82) is 0 Å². The first-order valence-electron chi connectivity index (χ1n) is 8.30. The maximum Gasteiger partial charge on any atom is 0.160 e. The number of rotatable bonds is 4. The van der Waals surface area contributed by atoms with Crippen LogP contribution in [0.3, 0.4) is 0 Å². The van der Waals surface area contributed by atoms with E-state index in [0.717, 1.165) is 54.4 Å². The predicted octanol–water partition coefficient (Wildman–Crippen LogP) is 2.77. The molecule has 2 N–H and O–H groups in total. The van der Waals surface area contributed by atoms with E-state index in [-0.39, 0.29) is 5.92 Å².